The van der Waals surface area contributed by atoms with E-state index in [2.05, 4.69) is 10.6 Å². The summed E-state index contributed by atoms with van der Waals surface area (Å²) in [5.41, 5.74) is 3.53. The Balaban J connectivity index is 2.28. The number of hydrogen-bond donors (Lipinski definition) is 2. The number of sulfonamides is 1. The van der Waals surface area contributed by atoms with Gasteiger partial charge >= 0.3 is 5.97 Å². The van der Waals surface area contributed by atoms with Crippen molar-refractivity contribution in [2.24, 2.45) is 0 Å². The van der Waals surface area contributed by atoms with Crippen LogP contribution < -0.4 is 9.62 Å². The second-order valence-electron chi connectivity index (χ2n) is 7.16. The summed E-state index contributed by atoms with van der Waals surface area (Å²) < 4.78 is 28.4. The first kappa shape index (κ1) is 22.3. The van der Waals surface area contributed by atoms with Gasteiger partial charge in [0.05, 0.1) is 17.9 Å². The number of carboxylic acid groups (broad SMARTS) is 1. The number of anilines is 2. The van der Waals surface area contributed by atoms with Gasteiger partial charge in [0.1, 0.15) is 0 Å². The van der Waals surface area contributed by atoms with Crippen LogP contribution in [-0.2, 0) is 14.8 Å². The monoisotopic (exact) mass is 414 g/mol. The highest BCUT2D eigenvalue weighted by molar-refractivity contribution is 7.92. The number of carboxylic acids is 1. The first-order valence-corrected chi connectivity index (χ1v) is 10.7. The Morgan fingerprint density at radius 2 is 1.72 bits per heavy atom. The van der Waals surface area contributed by atoms with Gasteiger partial charge in [0.25, 0.3) is 10.0 Å². The fourth-order valence-electron chi connectivity index (χ4n) is 3.48. The topological polar surface area (TPSA) is 86.7 Å². The van der Waals surface area contributed by atoms with Gasteiger partial charge in [0, 0.05) is 17.4 Å². The number of nitrogens with one attached hydrogen (secondary N) is 1. The number of rotatable bonds is 8. The molecular formula is C22H26N2O4S. The fourth-order valence-corrected chi connectivity index (χ4v) is 4.99. The highest BCUT2D eigenvalue weighted by Crippen LogP contribution is 2.26. The number of aliphatic carboxylic acids is 1. The highest BCUT2D eigenvalue weighted by Gasteiger charge is 2.21. The molecule has 1 atom stereocenters. The molecule has 0 bridgehead atoms. The van der Waals surface area contributed by atoms with Gasteiger partial charge in [-0.25, -0.2) is 8.42 Å². The molecule has 2 aromatic rings. The summed E-state index contributed by atoms with van der Waals surface area (Å²) in [5.74, 6) is 1.62. The van der Waals surface area contributed by atoms with Crippen molar-refractivity contribution in [1.82, 2.24) is 0 Å². The predicted molar refractivity (Wildman–Crippen MR) is 116 cm³/mol. The van der Waals surface area contributed by atoms with Crippen LogP contribution in [0.1, 0.15) is 30.0 Å². The van der Waals surface area contributed by atoms with E-state index in [0.717, 1.165) is 11.3 Å². The van der Waals surface area contributed by atoms with Crippen molar-refractivity contribution in [1.29, 1.82) is 0 Å². The molecule has 29 heavy (non-hydrogen) atoms. The lowest BCUT2D eigenvalue weighted by atomic mass is 10.1. The van der Waals surface area contributed by atoms with Crippen LogP contribution in [-0.4, -0.2) is 32.1 Å². The number of aryl methyl sites for hydroxylation is 3. The van der Waals surface area contributed by atoms with Crippen LogP contribution in [0.5, 0.6) is 0 Å². The lowest BCUT2D eigenvalue weighted by Gasteiger charge is -2.28. The van der Waals surface area contributed by atoms with Gasteiger partial charge in [-0.05, 0) is 63.1 Å². The van der Waals surface area contributed by atoms with Gasteiger partial charge in [-0.1, -0.05) is 23.6 Å². The van der Waals surface area contributed by atoms with Gasteiger partial charge in [0.2, 0.25) is 0 Å². The Bertz CT molecular complexity index is 1010. The Labute approximate surface area is 172 Å². The zero-order chi connectivity index (χ0) is 21.8. The average Bonchev–Trinajstić information content (AvgIpc) is 2.58. The van der Waals surface area contributed by atoms with Crippen molar-refractivity contribution >= 4 is 27.4 Å². The summed E-state index contributed by atoms with van der Waals surface area (Å²) in [6.07, 6.45) is 5.37. The van der Waals surface area contributed by atoms with E-state index < -0.39 is 16.0 Å². The molecular weight excluding hydrogens is 388 g/mol. The van der Waals surface area contributed by atoms with E-state index in [1.165, 1.54) is 0 Å². The number of benzene rings is 2. The second-order valence-corrected chi connectivity index (χ2v) is 8.78. The predicted octanol–water partition coefficient (Wildman–Crippen LogP) is 3.72. The first-order valence-electron chi connectivity index (χ1n) is 9.17. The molecule has 2 N–H and O–H groups in total. The number of carbonyl (C=O) groups is 1. The number of nitrogens with zero attached hydrogens (tertiary/aromatic N) is 1. The smallest absolute Gasteiger partial charge is 0.305 e. The van der Waals surface area contributed by atoms with E-state index in [9.17, 15) is 13.2 Å². The van der Waals surface area contributed by atoms with Crippen molar-refractivity contribution in [2.75, 3.05) is 16.2 Å². The molecule has 0 spiro atoms. The molecule has 7 heteroatoms. The quantitative estimate of drug-likeness (QED) is 0.643. The number of terminal acetylenes is 1. The van der Waals surface area contributed by atoms with Crippen LogP contribution in [0.3, 0.4) is 0 Å². The Morgan fingerprint density at radius 3 is 2.21 bits per heavy atom. The van der Waals surface area contributed by atoms with E-state index >= 15 is 0 Å². The molecule has 0 heterocycles. The highest BCUT2D eigenvalue weighted by atomic mass is 32.2. The van der Waals surface area contributed by atoms with Crippen molar-refractivity contribution in [3.05, 3.63) is 53.1 Å². The van der Waals surface area contributed by atoms with Crippen molar-refractivity contribution < 1.29 is 18.3 Å². The third-order valence-corrected chi connectivity index (χ3v) is 6.27. The molecule has 0 saturated carbocycles. The molecule has 0 fully saturated rings. The largest absolute Gasteiger partial charge is 0.481 e. The maximum absolute atomic E-state index is 12.9. The number of hydrogen-bond acceptors (Lipinski definition) is 4. The fraction of sp³-hybridized carbons (Fsp3) is 0.318. The summed E-state index contributed by atoms with van der Waals surface area (Å²) in [7, 11) is -3.74. The molecule has 0 unspecified atom stereocenters. The second kappa shape index (κ2) is 9.01. The average molecular weight is 415 g/mol. The van der Waals surface area contributed by atoms with Crippen LogP contribution in [0.15, 0.2) is 41.3 Å². The molecule has 0 aliphatic heterocycles. The van der Waals surface area contributed by atoms with E-state index in [-0.39, 0.29) is 23.9 Å². The Kier molecular flexibility index (Phi) is 6.93. The minimum Gasteiger partial charge on any atom is -0.481 e. The summed E-state index contributed by atoms with van der Waals surface area (Å²) in [6.45, 7) is 7.51. The molecule has 6 nitrogen and oxygen atoms in total. The van der Waals surface area contributed by atoms with Gasteiger partial charge in [-0.3, -0.25) is 9.52 Å². The van der Waals surface area contributed by atoms with Crippen molar-refractivity contribution in [3.8, 4) is 12.3 Å². The molecule has 0 radical (unpaired) electrons. The maximum Gasteiger partial charge on any atom is 0.305 e. The molecule has 0 saturated heterocycles. The lowest BCUT2D eigenvalue weighted by molar-refractivity contribution is -0.137. The summed E-state index contributed by atoms with van der Waals surface area (Å²) in [5, 5.41) is 9.03. The molecule has 0 amide bonds. The van der Waals surface area contributed by atoms with Crippen molar-refractivity contribution in [2.45, 2.75) is 45.1 Å². The van der Waals surface area contributed by atoms with Crippen LogP contribution in [0.4, 0.5) is 11.4 Å². The lowest BCUT2D eigenvalue weighted by Crippen LogP contribution is -2.35. The Morgan fingerprint density at radius 1 is 1.17 bits per heavy atom. The van der Waals surface area contributed by atoms with Crippen molar-refractivity contribution in [3.63, 3.8) is 0 Å². The molecule has 0 aliphatic rings. The maximum atomic E-state index is 12.9. The van der Waals surface area contributed by atoms with Crippen LogP contribution in [0, 0.1) is 33.1 Å². The summed E-state index contributed by atoms with van der Waals surface area (Å²) in [6, 6.07) is 10.1. The zero-order valence-electron chi connectivity index (χ0n) is 17.1. The summed E-state index contributed by atoms with van der Waals surface area (Å²) >= 11 is 0. The third-order valence-electron chi connectivity index (χ3n) is 4.59. The first-order chi connectivity index (χ1) is 13.5. The Hall–Kier alpha value is -2.98. The van der Waals surface area contributed by atoms with Crippen LogP contribution >= 0.6 is 0 Å². The van der Waals surface area contributed by atoms with Crippen LogP contribution in [0.25, 0.3) is 0 Å². The van der Waals surface area contributed by atoms with E-state index in [1.807, 2.05) is 19.1 Å². The molecule has 0 aliphatic carbocycles. The molecule has 2 aromatic carbocycles. The van der Waals surface area contributed by atoms with E-state index in [4.69, 9.17) is 11.5 Å². The zero-order valence-corrected chi connectivity index (χ0v) is 17.9. The van der Waals surface area contributed by atoms with E-state index in [1.54, 1.807) is 49.9 Å². The summed E-state index contributed by atoms with van der Waals surface area (Å²) in [4.78, 5) is 13.1. The SMILES string of the molecule is C#CCN(c1ccc(NS(=O)(=O)c2c(C)cc(C)cc2C)cc1)[C@@H](C)CC(=O)O. The minimum atomic E-state index is -3.74. The van der Waals surface area contributed by atoms with Gasteiger partial charge in [-0.15, -0.1) is 6.42 Å². The van der Waals surface area contributed by atoms with Gasteiger partial charge in [0.15, 0.2) is 0 Å². The molecule has 2 rings (SSSR count). The van der Waals surface area contributed by atoms with Gasteiger partial charge < -0.3 is 10.0 Å². The standard InChI is InChI=1S/C22H26N2O4S/c1-6-11-24(18(5)14-21(25)26)20-9-7-19(8-10-20)23-29(27,28)22-16(3)12-15(2)13-17(22)4/h1,7-10,12-13,18,23H,11,14H2,2-5H3,(H,25,26)/t18-/m0/s1. The molecule has 0 aromatic heterocycles. The normalized spacial score (nSPS) is 12.1. The minimum absolute atomic E-state index is 0.0535. The van der Waals surface area contributed by atoms with Crippen LogP contribution in [0.2, 0.25) is 0 Å². The van der Waals surface area contributed by atoms with Gasteiger partial charge in [-0.2, -0.15) is 0 Å². The third kappa shape index (κ3) is 5.52. The molecule has 154 valence electrons. The van der Waals surface area contributed by atoms with E-state index in [0.29, 0.717) is 16.8 Å².